The minimum absolute atomic E-state index is 0.165. The molecule has 0 N–H and O–H groups in total. The van der Waals surface area contributed by atoms with Crippen molar-refractivity contribution in [3.8, 4) is 11.4 Å². The molecule has 26 heavy (non-hydrogen) atoms. The molecule has 0 bridgehead atoms. The van der Waals surface area contributed by atoms with Gasteiger partial charge in [-0.3, -0.25) is 0 Å². The van der Waals surface area contributed by atoms with Gasteiger partial charge in [0.15, 0.2) is 0 Å². The van der Waals surface area contributed by atoms with Crippen LogP contribution in [-0.2, 0) is 6.42 Å². The molecule has 4 heteroatoms. The third-order valence-electron chi connectivity index (χ3n) is 4.72. The second-order valence-electron chi connectivity index (χ2n) is 8.15. The first kappa shape index (κ1) is 18.4. The molecular formula is C22H29N3O. The maximum atomic E-state index is 5.58. The van der Waals surface area contributed by atoms with Crippen LogP contribution < -0.4 is 4.74 Å². The van der Waals surface area contributed by atoms with Gasteiger partial charge in [0, 0.05) is 27.8 Å². The Morgan fingerprint density at radius 1 is 0.923 bits per heavy atom. The molecule has 0 saturated heterocycles. The first-order valence-corrected chi connectivity index (χ1v) is 9.30. The van der Waals surface area contributed by atoms with Gasteiger partial charge in [-0.15, -0.1) is 0 Å². The van der Waals surface area contributed by atoms with Crippen LogP contribution in [0.25, 0.3) is 16.5 Å². The lowest BCUT2D eigenvalue weighted by atomic mass is 9.89. The summed E-state index contributed by atoms with van der Waals surface area (Å²) in [5, 5.41) is 11.5. The highest BCUT2D eigenvalue weighted by Crippen LogP contribution is 2.34. The third-order valence-corrected chi connectivity index (χ3v) is 4.72. The zero-order chi connectivity index (χ0) is 19.1. The van der Waals surface area contributed by atoms with Crippen molar-refractivity contribution in [1.82, 2.24) is 14.8 Å². The Morgan fingerprint density at radius 2 is 1.54 bits per heavy atom. The molecule has 0 atom stereocenters. The Kier molecular flexibility index (Phi) is 4.78. The van der Waals surface area contributed by atoms with E-state index in [1.807, 2.05) is 26.0 Å². The molecule has 3 rings (SSSR count). The van der Waals surface area contributed by atoms with E-state index in [2.05, 4.69) is 61.5 Å². The maximum Gasteiger partial charge on any atom is 0.119 e. The van der Waals surface area contributed by atoms with Crippen molar-refractivity contribution in [1.29, 1.82) is 0 Å². The topological polar surface area (TPSA) is 39.9 Å². The summed E-state index contributed by atoms with van der Waals surface area (Å²) in [5.74, 6) is 0.899. The predicted molar refractivity (Wildman–Crippen MR) is 107 cm³/mol. The average Bonchev–Trinajstić information content (AvgIpc) is 2.83. The summed E-state index contributed by atoms with van der Waals surface area (Å²) in [4.78, 5) is 0. The first-order valence-electron chi connectivity index (χ1n) is 9.30. The van der Waals surface area contributed by atoms with E-state index < -0.39 is 0 Å². The molecule has 138 valence electrons. The van der Waals surface area contributed by atoms with Gasteiger partial charge in [-0.05, 0) is 63.8 Å². The van der Waals surface area contributed by atoms with E-state index in [1.54, 1.807) is 0 Å². The lowest BCUT2D eigenvalue weighted by molar-refractivity contribution is 0.340. The second kappa shape index (κ2) is 6.75. The number of rotatable bonds is 4. The summed E-state index contributed by atoms with van der Waals surface area (Å²) in [6.07, 6.45) is 0.907. The van der Waals surface area contributed by atoms with Gasteiger partial charge in [-0.1, -0.05) is 20.8 Å². The standard InChI is InChI=1S/C22H29N3O/c1-8-26-18-11-9-17(10-12-18)25-15(3)20-14(2)23-24-19(13-22(5,6)7)21(20)16(25)4/h9-12H,8,13H2,1-7H3. The van der Waals surface area contributed by atoms with Crippen molar-refractivity contribution in [2.75, 3.05) is 6.61 Å². The molecule has 0 fully saturated rings. The fourth-order valence-electron chi connectivity index (χ4n) is 3.74. The van der Waals surface area contributed by atoms with Gasteiger partial charge in [0.1, 0.15) is 5.75 Å². The van der Waals surface area contributed by atoms with Gasteiger partial charge >= 0.3 is 0 Å². The highest BCUT2D eigenvalue weighted by molar-refractivity contribution is 5.92. The van der Waals surface area contributed by atoms with Gasteiger partial charge in [-0.25, -0.2) is 0 Å². The van der Waals surface area contributed by atoms with Gasteiger partial charge in [0.05, 0.1) is 18.0 Å². The Balaban J connectivity index is 2.21. The van der Waals surface area contributed by atoms with Crippen LogP contribution in [0.5, 0.6) is 5.75 Å². The highest BCUT2D eigenvalue weighted by atomic mass is 16.5. The fourth-order valence-corrected chi connectivity index (χ4v) is 3.74. The van der Waals surface area contributed by atoms with E-state index in [0.29, 0.717) is 6.61 Å². The first-order chi connectivity index (χ1) is 12.2. The quantitative estimate of drug-likeness (QED) is 0.637. The van der Waals surface area contributed by atoms with Crippen LogP contribution in [0.1, 0.15) is 50.5 Å². The largest absolute Gasteiger partial charge is 0.494 e. The number of aromatic nitrogens is 3. The SMILES string of the molecule is CCOc1ccc(-n2c(C)c3c(C)nnc(CC(C)(C)C)c3c2C)cc1. The van der Waals surface area contributed by atoms with Crippen LogP contribution in [0.3, 0.4) is 0 Å². The predicted octanol–water partition coefficient (Wildman–Crippen LogP) is 5.33. The summed E-state index contributed by atoms with van der Waals surface area (Å²) < 4.78 is 7.89. The van der Waals surface area contributed by atoms with Crippen LogP contribution >= 0.6 is 0 Å². The Hall–Kier alpha value is -2.36. The van der Waals surface area contributed by atoms with Gasteiger partial charge < -0.3 is 9.30 Å². The van der Waals surface area contributed by atoms with E-state index in [-0.39, 0.29) is 5.41 Å². The number of hydrogen-bond acceptors (Lipinski definition) is 3. The van der Waals surface area contributed by atoms with Crippen molar-refractivity contribution >= 4 is 10.8 Å². The fraction of sp³-hybridized carbons (Fsp3) is 0.455. The van der Waals surface area contributed by atoms with E-state index >= 15 is 0 Å². The van der Waals surface area contributed by atoms with Crippen LogP contribution in [0.2, 0.25) is 0 Å². The number of benzene rings is 1. The minimum atomic E-state index is 0.165. The van der Waals surface area contributed by atoms with Crippen molar-refractivity contribution in [3.05, 3.63) is 47.0 Å². The van der Waals surface area contributed by atoms with Crippen LogP contribution in [-0.4, -0.2) is 21.4 Å². The average molecular weight is 351 g/mol. The van der Waals surface area contributed by atoms with Crippen molar-refractivity contribution in [3.63, 3.8) is 0 Å². The Labute approximate surface area is 156 Å². The molecule has 4 nitrogen and oxygen atoms in total. The van der Waals surface area contributed by atoms with Gasteiger partial charge in [0.25, 0.3) is 0 Å². The number of hydrogen-bond donors (Lipinski definition) is 0. The Bertz CT molecular complexity index is 931. The molecule has 0 radical (unpaired) electrons. The zero-order valence-corrected chi connectivity index (χ0v) is 17.0. The molecule has 0 spiro atoms. The molecule has 0 amide bonds. The molecule has 0 aliphatic heterocycles. The Morgan fingerprint density at radius 3 is 2.12 bits per heavy atom. The molecular weight excluding hydrogens is 322 g/mol. The lowest BCUT2D eigenvalue weighted by Crippen LogP contribution is -2.12. The number of fused-ring (bicyclic) bond motifs is 1. The highest BCUT2D eigenvalue weighted by Gasteiger charge is 2.22. The second-order valence-corrected chi connectivity index (χ2v) is 8.15. The summed E-state index contributed by atoms with van der Waals surface area (Å²) in [5.41, 5.74) is 5.81. The van der Waals surface area contributed by atoms with Crippen molar-refractivity contribution < 1.29 is 4.74 Å². The maximum absolute atomic E-state index is 5.58. The van der Waals surface area contributed by atoms with E-state index in [0.717, 1.165) is 29.2 Å². The van der Waals surface area contributed by atoms with Crippen LogP contribution in [0.15, 0.2) is 24.3 Å². The molecule has 0 saturated carbocycles. The van der Waals surface area contributed by atoms with Gasteiger partial charge in [0.2, 0.25) is 0 Å². The van der Waals surface area contributed by atoms with E-state index in [1.165, 1.54) is 22.2 Å². The number of ether oxygens (including phenoxy) is 1. The molecule has 1 aromatic carbocycles. The summed E-state index contributed by atoms with van der Waals surface area (Å²) in [7, 11) is 0. The monoisotopic (exact) mass is 351 g/mol. The number of nitrogens with zero attached hydrogens (tertiary/aromatic N) is 3. The normalized spacial score (nSPS) is 12.0. The van der Waals surface area contributed by atoms with Crippen LogP contribution in [0.4, 0.5) is 0 Å². The summed E-state index contributed by atoms with van der Waals surface area (Å²) >= 11 is 0. The smallest absolute Gasteiger partial charge is 0.119 e. The lowest BCUT2D eigenvalue weighted by Gasteiger charge is -2.18. The molecule has 2 aromatic heterocycles. The van der Waals surface area contributed by atoms with Gasteiger partial charge in [-0.2, -0.15) is 10.2 Å². The van der Waals surface area contributed by atoms with Crippen molar-refractivity contribution in [2.24, 2.45) is 5.41 Å². The molecule has 2 heterocycles. The molecule has 0 aliphatic rings. The minimum Gasteiger partial charge on any atom is -0.494 e. The van der Waals surface area contributed by atoms with E-state index in [4.69, 9.17) is 4.74 Å². The summed E-state index contributed by atoms with van der Waals surface area (Å²) in [6, 6.07) is 8.29. The zero-order valence-electron chi connectivity index (χ0n) is 17.0. The molecule has 3 aromatic rings. The molecule has 0 unspecified atom stereocenters. The van der Waals surface area contributed by atoms with Crippen LogP contribution in [0, 0.1) is 26.2 Å². The molecule has 0 aliphatic carbocycles. The van der Waals surface area contributed by atoms with Crippen molar-refractivity contribution in [2.45, 2.75) is 54.9 Å². The third kappa shape index (κ3) is 3.33. The van der Waals surface area contributed by atoms with E-state index in [9.17, 15) is 0 Å². The number of aryl methyl sites for hydroxylation is 3. The summed E-state index contributed by atoms with van der Waals surface area (Å²) in [6.45, 7) is 15.8.